The van der Waals surface area contributed by atoms with E-state index in [1.807, 2.05) is 12.1 Å². The second-order valence-corrected chi connectivity index (χ2v) is 4.53. The number of anilines is 1. The van der Waals surface area contributed by atoms with E-state index in [0.717, 1.165) is 17.5 Å². The molecular formula is C13H19N. The van der Waals surface area contributed by atoms with Crippen LogP contribution >= 0.6 is 0 Å². The third-order valence-electron chi connectivity index (χ3n) is 3.48. The van der Waals surface area contributed by atoms with Crippen LogP contribution in [0.3, 0.4) is 0 Å². The molecule has 1 fully saturated rings. The van der Waals surface area contributed by atoms with E-state index < -0.39 is 0 Å². The summed E-state index contributed by atoms with van der Waals surface area (Å²) in [5.41, 5.74) is 8.04. The molecule has 0 aliphatic heterocycles. The van der Waals surface area contributed by atoms with Gasteiger partial charge in [-0.3, -0.25) is 0 Å². The van der Waals surface area contributed by atoms with Crippen LogP contribution < -0.4 is 5.73 Å². The van der Waals surface area contributed by atoms with Crippen LogP contribution in [0.5, 0.6) is 0 Å². The molecule has 0 heterocycles. The van der Waals surface area contributed by atoms with E-state index >= 15 is 0 Å². The fraction of sp³-hybridized carbons (Fsp3) is 0.538. The Labute approximate surface area is 86.3 Å². The molecule has 1 saturated carbocycles. The van der Waals surface area contributed by atoms with E-state index in [1.54, 1.807) is 0 Å². The zero-order valence-electron chi connectivity index (χ0n) is 8.87. The van der Waals surface area contributed by atoms with Crippen molar-refractivity contribution >= 4 is 5.69 Å². The molecule has 0 aromatic heterocycles. The highest BCUT2D eigenvalue weighted by Gasteiger charge is 2.22. The van der Waals surface area contributed by atoms with Crippen LogP contribution in [0.25, 0.3) is 0 Å². The molecule has 14 heavy (non-hydrogen) atoms. The van der Waals surface area contributed by atoms with Gasteiger partial charge in [0.05, 0.1) is 0 Å². The second kappa shape index (κ2) is 4.04. The zero-order chi connectivity index (χ0) is 9.97. The van der Waals surface area contributed by atoms with Crippen molar-refractivity contribution in [2.75, 3.05) is 5.73 Å². The van der Waals surface area contributed by atoms with Crippen molar-refractivity contribution in [3.63, 3.8) is 0 Å². The number of hydrogen-bond acceptors (Lipinski definition) is 1. The molecule has 1 aromatic rings. The van der Waals surface area contributed by atoms with Crippen LogP contribution in [0.15, 0.2) is 24.3 Å². The average Bonchev–Trinajstić information content (AvgIpc) is 2.20. The van der Waals surface area contributed by atoms with E-state index in [0.29, 0.717) is 0 Å². The van der Waals surface area contributed by atoms with Gasteiger partial charge in [-0.05, 0) is 36.0 Å². The van der Waals surface area contributed by atoms with Crippen molar-refractivity contribution in [2.24, 2.45) is 5.92 Å². The molecule has 1 aromatic carbocycles. The van der Waals surface area contributed by atoms with E-state index in [-0.39, 0.29) is 0 Å². The van der Waals surface area contributed by atoms with Gasteiger partial charge in [0.2, 0.25) is 0 Å². The number of rotatable bonds is 1. The fourth-order valence-electron chi connectivity index (χ4n) is 2.55. The predicted octanol–water partition coefficient (Wildman–Crippen LogP) is 3.56. The maximum Gasteiger partial charge on any atom is 0.0314 e. The minimum absolute atomic E-state index is 0.768. The molecule has 1 aliphatic rings. The normalized spacial score (nSPS) is 27.5. The number of benzene rings is 1. The van der Waals surface area contributed by atoms with E-state index in [2.05, 4.69) is 19.1 Å². The molecule has 76 valence electrons. The van der Waals surface area contributed by atoms with Crippen molar-refractivity contribution < 1.29 is 0 Å². The van der Waals surface area contributed by atoms with E-state index in [1.165, 1.54) is 31.2 Å². The van der Waals surface area contributed by atoms with Crippen LogP contribution in [-0.2, 0) is 0 Å². The van der Waals surface area contributed by atoms with Gasteiger partial charge in [0.15, 0.2) is 0 Å². The molecule has 1 aliphatic carbocycles. The van der Waals surface area contributed by atoms with E-state index in [9.17, 15) is 0 Å². The topological polar surface area (TPSA) is 26.0 Å². The van der Waals surface area contributed by atoms with Crippen LogP contribution in [0, 0.1) is 5.92 Å². The Hall–Kier alpha value is -0.980. The maximum atomic E-state index is 5.69. The minimum Gasteiger partial charge on any atom is -0.399 e. The summed E-state index contributed by atoms with van der Waals surface area (Å²) in [6.45, 7) is 2.38. The lowest BCUT2D eigenvalue weighted by Gasteiger charge is -2.29. The Morgan fingerprint density at radius 3 is 2.36 bits per heavy atom. The number of nitrogen functional groups attached to an aromatic ring is 1. The van der Waals surface area contributed by atoms with Crippen LogP contribution in [0.2, 0.25) is 0 Å². The summed E-state index contributed by atoms with van der Waals surface area (Å²) >= 11 is 0. The Bertz CT molecular complexity index is 289. The van der Waals surface area contributed by atoms with Gasteiger partial charge in [-0.25, -0.2) is 0 Å². The van der Waals surface area contributed by atoms with Gasteiger partial charge in [-0.15, -0.1) is 0 Å². The standard InChI is InChI=1S/C13H19N/c1-10-4-2-3-5-13(10)11-6-8-12(14)9-7-11/h6-10,13H,2-5,14H2,1H3/t10-,13-/m0/s1. The van der Waals surface area contributed by atoms with Gasteiger partial charge in [0.25, 0.3) is 0 Å². The molecular weight excluding hydrogens is 170 g/mol. The summed E-state index contributed by atoms with van der Waals surface area (Å²) in [6, 6.07) is 8.44. The molecule has 0 unspecified atom stereocenters. The third-order valence-corrected chi connectivity index (χ3v) is 3.48. The summed E-state index contributed by atoms with van der Waals surface area (Å²) in [5, 5.41) is 0. The van der Waals surface area contributed by atoms with Crippen molar-refractivity contribution in [3.8, 4) is 0 Å². The van der Waals surface area contributed by atoms with Crippen molar-refractivity contribution in [1.82, 2.24) is 0 Å². The first kappa shape index (κ1) is 9.57. The van der Waals surface area contributed by atoms with Gasteiger partial charge in [0, 0.05) is 5.69 Å². The Morgan fingerprint density at radius 1 is 1.07 bits per heavy atom. The molecule has 2 rings (SSSR count). The highest BCUT2D eigenvalue weighted by atomic mass is 14.5. The number of hydrogen-bond donors (Lipinski definition) is 1. The van der Waals surface area contributed by atoms with Crippen LogP contribution in [-0.4, -0.2) is 0 Å². The minimum atomic E-state index is 0.768. The van der Waals surface area contributed by atoms with Gasteiger partial charge < -0.3 is 5.73 Å². The predicted molar refractivity (Wildman–Crippen MR) is 61.2 cm³/mol. The average molecular weight is 189 g/mol. The summed E-state index contributed by atoms with van der Waals surface area (Å²) in [6.07, 6.45) is 5.53. The quantitative estimate of drug-likeness (QED) is 0.672. The lowest BCUT2D eigenvalue weighted by molar-refractivity contribution is 0.330. The molecule has 2 atom stereocenters. The number of nitrogens with two attached hydrogens (primary N) is 1. The first-order valence-corrected chi connectivity index (χ1v) is 5.63. The third kappa shape index (κ3) is 1.92. The van der Waals surface area contributed by atoms with Gasteiger partial charge in [0.1, 0.15) is 0 Å². The fourth-order valence-corrected chi connectivity index (χ4v) is 2.55. The summed E-state index contributed by atoms with van der Waals surface area (Å²) in [4.78, 5) is 0. The first-order valence-electron chi connectivity index (χ1n) is 5.63. The molecule has 1 nitrogen and oxygen atoms in total. The van der Waals surface area contributed by atoms with Gasteiger partial charge >= 0.3 is 0 Å². The SMILES string of the molecule is C[C@H]1CCCC[C@@H]1c1ccc(N)cc1. The smallest absolute Gasteiger partial charge is 0.0314 e. The van der Waals surface area contributed by atoms with Gasteiger partial charge in [-0.2, -0.15) is 0 Å². The monoisotopic (exact) mass is 189 g/mol. The zero-order valence-corrected chi connectivity index (χ0v) is 8.87. The van der Waals surface area contributed by atoms with E-state index in [4.69, 9.17) is 5.73 Å². The maximum absolute atomic E-state index is 5.69. The summed E-state index contributed by atoms with van der Waals surface area (Å²) in [5.74, 6) is 1.61. The van der Waals surface area contributed by atoms with Gasteiger partial charge in [-0.1, -0.05) is 38.3 Å². The highest BCUT2D eigenvalue weighted by Crippen LogP contribution is 2.37. The van der Waals surface area contributed by atoms with Crippen molar-refractivity contribution in [2.45, 2.75) is 38.5 Å². The molecule has 0 saturated heterocycles. The summed E-state index contributed by atoms with van der Waals surface area (Å²) < 4.78 is 0. The van der Waals surface area contributed by atoms with Crippen LogP contribution in [0.1, 0.15) is 44.1 Å². The molecule has 2 N–H and O–H groups in total. The lowest BCUT2D eigenvalue weighted by atomic mass is 9.76. The molecule has 0 radical (unpaired) electrons. The lowest BCUT2D eigenvalue weighted by Crippen LogP contribution is -2.14. The summed E-state index contributed by atoms with van der Waals surface area (Å²) in [7, 11) is 0. The molecule has 0 spiro atoms. The van der Waals surface area contributed by atoms with Crippen LogP contribution in [0.4, 0.5) is 5.69 Å². The Kier molecular flexibility index (Phi) is 2.76. The van der Waals surface area contributed by atoms with Crippen molar-refractivity contribution in [1.29, 1.82) is 0 Å². The molecule has 1 heteroatoms. The Balaban J connectivity index is 2.16. The largest absolute Gasteiger partial charge is 0.399 e. The highest BCUT2D eigenvalue weighted by molar-refractivity contribution is 5.40. The molecule has 0 amide bonds. The first-order chi connectivity index (χ1) is 6.77. The molecule has 0 bridgehead atoms. The van der Waals surface area contributed by atoms with Crippen molar-refractivity contribution in [3.05, 3.63) is 29.8 Å². The second-order valence-electron chi connectivity index (χ2n) is 4.53. The Morgan fingerprint density at radius 2 is 1.71 bits per heavy atom.